The summed E-state index contributed by atoms with van der Waals surface area (Å²) in [5, 5.41) is 0. The van der Waals surface area contributed by atoms with Crippen LogP contribution in [0.2, 0.25) is 0 Å². The molecule has 2 fully saturated rings. The molecule has 3 rings (SSSR count). The summed E-state index contributed by atoms with van der Waals surface area (Å²) in [6.07, 6.45) is 5.07. The molecule has 3 heteroatoms. The zero-order valence-corrected chi connectivity index (χ0v) is 12.0. The number of hydrogen-bond donors (Lipinski definition) is 0. The predicted octanol–water partition coefficient (Wildman–Crippen LogP) is 3.36. The summed E-state index contributed by atoms with van der Waals surface area (Å²) in [7, 11) is 1.65. The Kier molecular flexibility index (Phi) is 2.69. The lowest BCUT2D eigenvalue weighted by molar-refractivity contribution is -0.215. The third kappa shape index (κ3) is 1.64. The first-order chi connectivity index (χ1) is 8.92. The maximum absolute atomic E-state index is 11.9. The topological polar surface area (TPSA) is 35.5 Å². The molecule has 1 aliphatic heterocycles. The van der Waals surface area contributed by atoms with E-state index in [0.29, 0.717) is 5.92 Å². The minimum atomic E-state index is -0.802. The van der Waals surface area contributed by atoms with Crippen LogP contribution in [0, 0.1) is 11.3 Å². The number of carbonyl (C=O) groups is 1. The van der Waals surface area contributed by atoms with E-state index in [0.717, 1.165) is 36.8 Å². The van der Waals surface area contributed by atoms with Crippen LogP contribution in [0.3, 0.4) is 0 Å². The average Bonchev–Trinajstić information content (AvgIpc) is 2.59. The van der Waals surface area contributed by atoms with Gasteiger partial charge in [-0.25, -0.2) is 4.79 Å². The first-order valence-electron chi connectivity index (χ1n) is 7.08. The van der Waals surface area contributed by atoms with Gasteiger partial charge in [0.05, 0.1) is 0 Å². The summed E-state index contributed by atoms with van der Waals surface area (Å²) in [5.74, 6) is -0.557. The number of allylic oxidation sites excluding steroid dienone is 1. The molecule has 3 nitrogen and oxygen atoms in total. The third-order valence-electron chi connectivity index (χ3n) is 5.43. The highest BCUT2D eigenvalue weighted by molar-refractivity contribution is 5.92. The quantitative estimate of drug-likeness (QED) is 0.537. The van der Waals surface area contributed by atoms with Crippen LogP contribution in [0.4, 0.5) is 0 Å². The van der Waals surface area contributed by atoms with Gasteiger partial charge in [0.2, 0.25) is 5.79 Å². The Balaban J connectivity index is 2.05. The van der Waals surface area contributed by atoms with E-state index in [4.69, 9.17) is 9.47 Å². The minimum Gasteiger partial charge on any atom is -0.426 e. The maximum Gasteiger partial charge on any atom is 0.336 e. The van der Waals surface area contributed by atoms with Gasteiger partial charge in [0.1, 0.15) is 0 Å². The van der Waals surface area contributed by atoms with Crippen LogP contribution >= 0.6 is 0 Å². The average molecular weight is 262 g/mol. The molecule has 0 bridgehead atoms. The van der Waals surface area contributed by atoms with Gasteiger partial charge < -0.3 is 9.47 Å². The van der Waals surface area contributed by atoms with Gasteiger partial charge in [-0.05, 0) is 43.9 Å². The summed E-state index contributed by atoms with van der Waals surface area (Å²) in [6.45, 7) is 8.41. The number of esters is 1. The molecular formula is C16H22O3. The molecule has 0 aromatic heterocycles. The van der Waals surface area contributed by atoms with Gasteiger partial charge in [-0.15, -0.1) is 0 Å². The lowest BCUT2D eigenvalue weighted by Gasteiger charge is -2.51. The molecule has 0 spiro atoms. The summed E-state index contributed by atoms with van der Waals surface area (Å²) >= 11 is 0. The SMILES string of the molecule is C=C1CCC[C@@]2(C)C[C@@]3(OC)OC(=O)C(C)=C3C[C@H]12. The second-order valence-electron chi connectivity index (χ2n) is 6.55. The van der Waals surface area contributed by atoms with Crippen LogP contribution < -0.4 is 0 Å². The van der Waals surface area contributed by atoms with E-state index in [1.807, 2.05) is 6.92 Å². The Hall–Kier alpha value is -1.09. The molecule has 1 heterocycles. The van der Waals surface area contributed by atoms with Crippen molar-refractivity contribution in [2.24, 2.45) is 11.3 Å². The van der Waals surface area contributed by atoms with E-state index in [9.17, 15) is 4.79 Å². The number of ether oxygens (including phenoxy) is 2. The number of fused-ring (bicyclic) bond motifs is 2. The van der Waals surface area contributed by atoms with Crippen LogP contribution in [-0.4, -0.2) is 18.9 Å². The van der Waals surface area contributed by atoms with Crippen molar-refractivity contribution in [1.29, 1.82) is 0 Å². The number of methoxy groups -OCH3 is 1. The molecule has 0 unspecified atom stereocenters. The molecule has 3 aliphatic rings. The molecular weight excluding hydrogens is 240 g/mol. The minimum absolute atomic E-state index is 0.139. The molecule has 0 N–H and O–H groups in total. The fourth-order valence-corrected chi connectivity index (χ4v) is 4.28. The van der Waals surface area contributed by atoms with Crippen molar-refractivity contribution in [2.45, 2.75) is 51.7 Å². The molecule has 0 aromatic rings. The Morgan fingerprint density at radius 2 is 2.21 bits per heavy atom. The van der Waals surface area contributed by atoms with Crippen molar-refractivity contribution in [1.82, 2.24) is 0 Å². The van der Waals surface area contributed by atoms with Gasteiger partial charge in [0, 0.05) is 24.7 Å². The lowest BCUT2D eigenvalue weighted by Crippen LogP contribution is -2.49. The fourth-order valence-electron chi connectivity index (χ4n) is 4.28. The lowest BCUT2D eigenvalue weighted by atomic mass is 9.56. The molecule has 3 atom stereocenters. The zero-order valence-electron chi connectivity index (χ0n) is 12.0. The predicted molar refractivity (Wildman–Crippen MR) is 72.4 cm³/mol. The van der Waals surface area contributed by atoms with Crippen LogP contribution in [0.25, 0.3) is 0 Å². The van der Waals surface area contributed by atoms with Gasteiger partial charge in [0.25, 0.3) is 0 Å². The molecule has 0 amide bonds. The van der Waals surface area contributed by atoms with Crippen molar-refractivity contribution >= 4 is 5.97 Å². The van der Waals surface area contributed by atoms with Crippen molar-refractivity contribution in [2.75, 3.05) is 7.11 Å². The zero-order chi connectivity index (χ0) is 13.8. The highest BCUT2D eigenvalue weighted by Gasteiger charge is 2.58. The van der Waals surface area contributed by atoms with E-state index in [2.05, 4.69) is 13.5 Å². The fraction of sp³-hybridized carbons (Fsp3) is 0.688. The molecule has 0 radical (unpaired) electrons. The monoisotopic (exact) mass is 262 g/mol. The smallest absolute Gasteiger partial charge is 0.336 e. The highest BCUT2D eigenvalue weighted by Crippen LogP contribution is 2.59. The Bertz CT molecular complexity index is 490. The van der Waals surface area contributed by atoms with E-state index < -0.39 is 5.79 Å². The highest BCUT2D eigenvalue weighted by atomic mass is 16.7. The Labute approximate surface area is 114 Å². The van der Waals surface area contributed by atoms with Crippen molar-refractivity contribution in [3.05, 3.63) is 23.3 Å². The number of rotatable bonds is 1. The van der Waals surface area contributed by atoms with Crippen molar-refractivity contribution in [3.8, 4) is 0 Å². The Morgan fingerprint density at radius 3 is 2.89 bits per heavy atom. The number of hydrogen-bond acceptors (Lipinski definition) is 3. The van der Waals surface area contributed by atoms with Crippen LogP contribution in [0.15, 0.2) is 23.3 Å². The second kappa shape index (κ2) is 3.95. The van der Waals surface area contributed by atoms with Crippen molar-refractivity contribution < 1.29 is 14.3 Å². The van der Waals surface area contributed by atoms with E-state index in [1.54, 1.807) is 7.11 Å². The first-order valence-corrected chi connectivity index (χ1v) is 7.08. The Morgan fingerprint density at radius 1 is 1.47 bits per heavy atom. The molecule has 2 saturated carbocycles. The van der Waals surface area contributed by atoms with E-state index >= 15 is 0 Å². The first kappa shape index (κ1) is 12.9. The summed E-state index contributed by atoms with van der Waals surface area (Å²) in [5.41, 5.74) is 3.26. The van der Waals surface area contributed by atoms with Crippen LogP contribution in [-0.2, 0) is 14.3 Å². The molecule has 0 saturated heterocycles. The third-order valence-corrected chi connectivity index (χ3v) is 5.43. The molecule has 2 aliphatic carbocycles. The second-order valence-corrected chi connectivity index (χ2v) is 6.55. The van der Waals surface area contributed by atoms with Crippen LogP contribution in [0.1, 0.15) is 46.0 Å². The van der Waals surface area contributed by atoms with E-state index in [-0.39, 0.29) is 11.4 Å². The number of carbonyl (C=O) groups excluding carboxylic acids is 1. The standard InChI is InChI=1S/C16H22O3/c1-10-6-5-7-15(3)9-16(18-4)13(8-12(10)15)11(2)14(17)19-16/h12H,1,5-9H2,2-4H3/t12-,15+,16-/m1/s1. The molecule has 0 aromatic carbocycles. The molecule has 104 valence electrons. The molecule has 19 heavy (non-hydrogen) atoms. The van der Waals surface area contributed by atoms with Crippen LogP contribution in [0.5, 0.6) is 0 Å². The normalized spacial score (nSPS) is 41.9. The largest absolute Gasteiger partial charge is 0.426 e. The van der Waals surface area contributed by atoms with Gasteiger partial charge in [-0.2, -0.15) is 0 Å². The summed E-state index contributed by atoms with van der Waals surface area (Å²) in [4.78, 5) is 11.9. The van der Waals surface area contributed by atoms with Gasteiger partial charge in [-0.3, -0.25) is 0 Å². The summed E-state index contributed by atoms with van der Waals surface area (Å²) in [6, 6.07) is 0. The summed E-state index contributed by atoms with van der Waals surface area (Å²) < 4.78 is 11.3. The van der Waals surface area contributed by atoms with Gasteiger partial charge in [0.15, 0.2) is 0 Å². The van der Waals surface area contributed by atoms with Gasteiger partial charge in [-0.1, -0.05) is 19.1 Å². The van der Waals surface area contributed by atoms with Crippen molar-refractivity contribution in [3.63, 3.8) is 0 Å². The van der Waals surface area contributed by atoms with Gasteiger partial charge >= 0.3 is 5.97 Å². The van der Waals surface area contributed by atoms with E-state index in [1.165, 1.54) is 12.0 Å². The maximum atomic E-state index is 11.9.